The minimum atomic E-state index is 0.837. The van der Waals surface area contributed by atoms with Gasteiger partial charge in [-0.15, -0.1) is 11.6 Å². The van der Waals surface area contributed by atoms with E-state index in [1.165, 1.54) is 45.3 Å². The summed E-state index contributed by atoms with van der Waals surface area (Å²) >= 11 is 5.77. The Hall–Kier alpha value is 0.250. The lowest BCUT2D eigenvalue weighted by atomic mass is 10.0. The topological polar surface area (TPSA) is 3.24 Å². The third-order valence-electron chi connectivity index (χ3n) is 3.56. The Morgan fingerprint density at radius 2 is 2.07 bits per heavy atom. The van der Waals surface area contributed by atoms with Gasteiger partial charge in [0.05, 0.1) is 0 Å². The summed E-state index contributed by atoms with van der Waals surface area (Å²) in [7, 11) is 0. The van der Waals surface area contributed by atoms with Crippen LogP contribution in [0.5, 0.6) is 0 Å². The van der Waals surface area contributed by atoms with Crippen molar-refractivity contribution in [1.82, 2.24) is 4.90 Å². The molecule has 0 bridgehead atoms. The van der Waals surface area contributed by atoms with Gasteiger partial charge in [-0.25, -0.2) is 0 Å². The molecule has 0 N–H and O–H groups in total. The first kappa shape index (κ1) is 12.3. The van der Waals surface area contributed by atoms with Crippen LogP contribution in [0.3, 0.4) is 0 Å². The Bertz CT molecular complexity index is 145. The fourth-order valence-electron chi connectivity index (χ4n) is 2.38. The average Bonchev–Trinajstić information content (AvgIpc) is 2.63. The second-order valence-corrected chi connectivity index (χ2v) is 4.95. The molecule has 1 heterocycles. The van der Waals surface area contributed by atoms with Crippen molar-refractivity contribution < 1.29 is 0 Å². The van der Waals surface area contributed by atoms with Crippen molar-refractivity contribution in [2.24, 2.45) is 11.8 Å². The van der Waals surface area contributed by atoms with E-state index in [9.17, 15) is 0 Å². The van der Waals surface area contributed by atoms with Crippen LogP contribution in [0, 0.1) is 11.8 Å². The van der Waals surface area contributed by atoms with Crippen LogP contribution in [0.15, 0.2) is 0 Å². The van der Waals surface area contributed by atoms with Crippen molar-refractivity contribution in [2.45, 2.75) is 39.5 Å². The van der Waals surface area contributed by atoms with E-state index in [-0.39, 0.29) is 0 Å². The molecule has 1 saturated heterocycles. The first-order valence-electron chi connectivity index (χ1n) is 6.08. The number of hydrogen-bond acceptors (Lipinski definition) is 1. The lowest BCUT2D eigenvalue weighted by molar-refractivity contribution is 0.259. The second kappa shape index (κ2) is 6.68. The van der Waals surface area contributed by atoms with Crippen molar-refractivity contribution in [3.8, 4) is 0 Å². The molecule has 1 rings (SSSR count). The number of nitrogens with zero attached hydrogens (tertiary/aromatic N) is 1. The normalized spacial score (nSPS) is 23.6. The average molecular weight is 218 g/mol. The smallest absolute Gasteiger partial charge is 0.0226 e. The van der Waals surface area contributed by atoms with Gasteiger partial charge in [0.1, 0.15) is 0 Å². The summed E-state index contributed by atoms with van der Waals surface area (Å²) in [5.74, 6) is 2.62. The Balaban J connectivity index is 2.21. The van der Waals surface area contributed by atoms with E-state index in [1.807, 2.05) is 0 Å². The maximum Gasteiger partial charge on any atom is 0.0226 e. The zero-order chi connectivity index (χ0) is 10.4. The Labute approximate surface area is 93.8 Å². The summed E-state index contributed by atoms with van der Waals surface area (Å²) in [5, 5.41) is 0. The quantitative estimate of drug-likeness (QED) is 0.617. The molecule has 1 fully saturated rings. The van der Waals surface area contributed by atoms with Crippen LogP contribution in [-0.4, -0.2) is 30.4 Å². The molecule has 1 aliphatic rings. The standard InChI is InChI=1S/C12H24ClN/c1-3-11(4-2)9-14-8-6-12(10-14)5-7-13/h11-12H,3-10H2,1-2H3. The predicted octanol–water partition coefficient (Wildman–Crippen LogP) is 3.37. The molecule has 0 aromatic rings. The maximum atomic E-state index is 5.77. The summed E-state index contributed by atoms with van der Waals surface area (Å²) in [6.45, 7) is 8.52. The van der Waals surface area contributed by atoms with Gasteiger partial charge < -0.3 is 4.90 Å². The van der Waals surface area contributed by atoms with E-state index in [0.29, 0.717) is 0 Å². The molecule has 0 aromatic heterocycles. The number of halogens is 1. The van der Waals surface area contributed by atoms with E-state index >= 15 is 0 Å². The lowest BCUT2D eigenvalue weighted by Crippen LogP contribution is -2.27. The van der Waals surface area contributed by atoms with E-state index in [0.717, 1.165) is 17.7 Å². The molecule has 0 amide bonds. The first-order valence-corrected chi connectivity index (χ1v) is 6.61. The minimum absolute atomic E-state index is 0.837. The first-order chi connectivity index (χ1) is 6.80. The van der Waals surface area contributed by atoms with E-state index in [1.54, 1.807) is 0 Å². The minimum Gasteiger partial charge on any atom is -0.303 e. The summed E-state index contributed by atoms with van der Waals surface area (Å²) in [6.07, 6.45) is 5.23. The van der Waals surface area contributed by atoms with Gasteiger partial charge in [-0.3, -0.25) is 0 Å². The van der Waals surface area contributed by atoms with Crippen LogP contribution in [0.2, 0.25) is 0 Å². The third kappa shape index (κ3) is 3.78. The van der Waals surface area contributed by atoms with Gasteiger partial charge in [0, 0.05) is 19.0 Å². The number of alkyl halides is 1. The molecule has 1 aliphatic heterocycles. The molecule has 0 saturated carbocycles. The summed E-state index contributed by atoms with van der Waals surface area (Å²) in [4.78, 5) is 2.63. The molecule has 14 heavy (non-hydrogen) atoms. The zero-order valence-corrected chi connectivity index (χ0v) is 10.4. The molecule has 1 unspecified atom stereocenters. The fourth-order valence-corrected chi connectivity index (χ4v) is 2.69. The number of likely N-dealkylation sites (tertiary alicyclic amines) is 1. The molecule has 2 heteroatoms. The van der Waals surface area contributed by atoms with Gasteiger partial charge in [0.25, 0.3) is 0 Å². The van der Waals surface area contributed by atoms with E-state index in [4.69, 9.17) is 11.6 Å². The van der Waals surface area contributed by atoms with Crippen LogP contribution < -0.4 is 0 Å². The van der Waals surface area contributed by atoms with E-state index < -0.39 is 0 Å². The number of rotatable bonds is 6. The molecule has 0 radical (unpaired) electrons. The van der Waals surface area contributed by atoms with Crippen molar-refractivity contribution in [3.63, 3.8) is 0 Å². The Kier molecular flexibility index (Phi) is 5.88. The van der Waals surface area contributed by atoms with Gasteiger partial charge in [0.2, 0.25) is 0 Å². The third-order valence-corrected chi connectivity index (χ3v) is 3.78. The Morgan fingerprint density at radius 1 is 1.36 bits per heavy atom. The van der Waals surface area contributed by atoms with Crippen LogP contribution in [0.1, 0.15) is 39.5 Å². The Morgan fingerprint density at radius 3 is 2.64 bits per heavy atom. The van der Waals surface area contributed by atoms with Crippen molar-refractivity contribution >= 4 is 11.6 Å². The molecule has 1 nitrogen and oxygen atoms in total. The van der Waals surface area contributed by atoms with Gasteiger partial charge in [0.15, 0.2) is 0 Å². The van der Waals surface area contributed by atoms with Crippen molar-refractivity contribution in [2.75, 3.05) is 25.5 Å². The molecule has 0 aromatic carbocycles. The highest BCUT2D eigenvalue weighted by molar-refractivity contribution is 6.17. The van der Waals surface area contributed by atoms with Gasteiger partial charge in [-0.05, 0) is 31.2 Å². The van der Waals surface area contributed by atoms with Crippen molar-refractivity contribution in [3.05, 3.63) is 0 Å². The summed E-state index contributed by atoms with van der Waals surface area (Å²) in [5.41, 5.74) is 0. The van der Waals surface area contributed by atoms with Gasteiger partial charge in [-0.1, -0.05) is 26.7 Å². The lowest BCUT2D eigenvalue weighted by Gasteiger charge is -2.21. The molecule has 0 aliphatic carbocycles. The maximum absolute atomic E-state index is 5.77. The van der Waals surface area contributed by atoms with Crippen LogP contribution in [-0.2, 0) is 0 Å². The summed E-state index contributed by atoms with van der Waals surface area (Å²) in [6, 6.07) is 0. The zero-order valence-electron chi connectivity index (χ0n) is 9.64. The van der Waals surface area contributed by atoms with Crippen molar-refractivity contribution in [1.29, 1.82) is 0 Å². The highest BCUT2D eigenvalue weighted by Gasteiger charge is 2.22. The monoisotopic (exact) mass is 217 g/mol. The van der Waals surface area contributed by atoms with Gasteiger partial charge >= 0.3 is 0 Å². The molecule has 84 valence electrons. The van der Waals surface area contributed by atoms with Crippen LogP contribution in [0.4, 0.5) is 0 Å². The summed E-state index contributed by atoms with van der Waals surface area (Å²) < 4.78 is 0. The fraction of sp³-hybridized carbons (Fsp3) is 1.00. The largest absolute Gasteiger partial charge is 0.303 e. The second-order valence-electron chi connectivity index (χ2n) is 4.57. The van der Waals surface area contributed by atoms with Gasteiger partial charge in [-0.2, -0.15) is 0 Å². The highest BCUT2D eigenvalue weighted by Crippen LogP contribution is 2.22. The molecule has 0 spiro atoms. The molecular weight excluding hydrogens is 194 g/mol. The SMILES string of the molecule is CCC(CC)CN1CCC(CCCl)C1. The molecular formula is C12H24ClN. The number of hydrogen-bond donors (Lipinski definition) is 0. The highest BCUT2D eigenvalue weighted by atomic mass is 35.5. The van der Waals surface area contributed by atoms with Crippen LogP contribution in [0.25, 0.3) is 0 Å². The van der Waals surface area contributed by atoms with Crippen LogP contribution >= 0.6 is 11.6 Å². The van der Waals surface area contributed by atoms with E-state index in [2.05, 4.69) is 18.7 Å². The predicted molar refractivity (Wildman–Crippen MR) is 64.0 cm³/mol. The molecule has 1 atom stereocenters.